The highest BCUT2D eigenvalue weighted by molar-refractivity contribution is 5.77. The van der Waals surface area contributed by atoms with Gasteiger partial charge in [-0.2, -0.15) is 5.26 Å². The van der Waals surface area contributed by atoms with E-state index in [1.807, 2.05) is 18.2 Å². The van der Waals surface area contributed by atoms with Crippen molar-refractivity contribution in [2.75, 3.05) is 26.2 Å². The fourth-order valence-electron chi connectivity index (χ4n) is 2.59. The van der Waals surface area contributed by atoms with Gasteiger partial charge in [-0.05, 0) is 49.5 Å². The minimum Gasteiger partial charge on any atom is -0.484 e. The molecule has 0 fully saturated rings. The molecule has 0 bridgehead atoms. The zero-order valence-electron chi connectivity index (χ0n) is 14.6. The molecule has 1 N–H and O–H groups in total. The average Bonchev–Trinajstić information content (AvgIpc) is 3.18. The van der Waals surface area contributed by atoms with E-state index in [4.69, 9.17) is 14.4 Å². The zero-order chi connectivity index (χ0) is 18.1. The van der Waals surface area contributed by atoms with E-state index in [2.05, 4.69) is 24.1 Å². The summed E-state index contributed by atoms with van der Waals surface area (Å²) < 4.78 is 11.0. The fourth-order valence-corrected chi connectivity index (χ4v) is 2.59. The maximum atomic E-state index is 12.1. The summed E-state index contributed by atoms with van der Waals surface area (Å²) in [6, 6.07) is 12.5. The van der Waals surface area contributed by atoms with Gasteiger partial charge in [-0.1, -0.05) is 13.8 Å². The van der Waals surface area contributed by atoms with Gasteiger partial charge < -0.3 is 14.5 Å². The highest BCUT2D eigenvalue weighted by atomic mass is 16.5. The maximum absolute atomic E-state index is 12.1. The minimum absolute atomic E-state index is 0.0103. The van der Waals surface area contributed by atoms with Gasteiger partial charge in [-0.15, -0.1) is 0 Å². The minimum atomic E-state index is -0.201. The van der Waals surface area contributed by atoms with E-state index >= 15 is 0 Å². The van der Waals surface area contributed by atoms with E-state index in [0.29, 0.717) is 17.9 Å². The van der Waals surface area contributed by atoms with Crippen LogP contribution in [0.3, 0.4) is 0 Å². The van der Waals surface area contributed by atoms with Crippen LogP contribution in [0, 0.1) is 11.3 Å². The van der Waals surface area contributed by atoms with Crippen LogP contribution in [-0.2, 0) is 4.79 Å². The van der Waals surface area contributed by atoms with Gasteiger partial charge in [0.2, 0.25) is 0 Å². The summed E-state index contributed by atoms with van der Waals surface area (Å²) in [5.41, 5.74) is 0.553. The fraction of sp³-hybridized carbons (Fsp3) is 0.368. The first-order valence-electron chi connectivity index (χ1n) is 8.35. The van der Waals surface area contributed by atoms with Gasteiger partial charge in [0, 0.05) is 6.54 Å². The molecule has 1 aromatic heterocycles. The second-order valence-electron chi connectivity index (χ2n) is 5.48. The molecule has 1 atom stereocenters. The number of carbonyl (C=O) groups is 1. The van der Waals surface area contributed by atoms with E-state index in [9.17, 15) is 4.79 Å². The molecule has 1 unspecified atom stereocenters. The van der Waals surface area contributed by atoms with Crippen molar-refractivity contribution in [1.82, 2.24) is 10.2 Å². The van der Waals surface area contributed by atoms with Crippen molar-refractivity contribution in [3.05, 3.63) is 54.0 Å². The molecule has 2 rings (SSSR count). The lowest BCUT2D eigenvalue weighted by Gasteiger charge is -2.28. The number of ether oxygens (including phenoxy) is 1. The van der Waals surface area contributed by atoms with Crippen molar-refractivity contribution in [2.45, 2.75) is 19.9 Å². The van der Waals surface area contributed by atoms with Crippen LogP contribution in [0.5, 0.6) is 5.75 Å². The van der Waals surface area contributed by atoms with Crippen molar-refractivity contribution in [3.8, 4) is 11.8 Å². The molecule has 0 aliphatic heterocycles. The molecule has 0 saturated heterocycles. The van der Waals surface area contributed by atoms with Gasteiger partial charge in [0.25, 0.3) is 5.91 Å². The molecule has 0 aliphatic rings. The molecule has 0 spiro atoms. The summed E-state index contributed by atoms with van der Waals surface area (Å²) in [5, 5.41) is 11.7. The molecule has 1 amide bonds. The van der Waals surface area contributed by atoms with Crippen LogP contribution in [0.25, 0.3) is 0 Å². The van der Waals surface area contributed by atoms with Crippen LogP contribution in [-0.4, -0.2) is 37.0 Å². The number of hydrogen-bond donors (Lipinski definition) is 1. The number of amides is 1. The Kier molecular flexibility index (Phi) is 7.05. The molecule has 132 valence electrons. The van der Waals surface area contributed by atoms with Crippen molar-refractivity contribution < 1.29 is 13.9 Å². The molecular weight excluding hydrogens is 318 g/mol. The van der Waals surface area contributed by atoms with Crippen molar-refractivity contribution in [3.63, 3.8) is 0 Å². The van der Waals surface area contributed by atoms with E-state index in [0.717, 1.165) is 18.8 Å². The van der Waals surface area contributed by atoms with Gasteiger partial charge in [-0.3, -0.25) is 9.69 Å². The second-order valence-corrected chi connectivity index (χ2v) is 5.48. The van der Waals surface area contributed by atoms with E-state index in [1.54, 1.807) is 30.5 Å². The molecular formula is C19H23N3O3. The first-order valence-corrected chi connectivity index (χ1v) is 8.35. The number of carbonyl (C=O) groups excluding carboxylic acids is 1. The van der Waals surface area contributed by atoms with Gasteiger partial charge in [0.1, 0.15) is 11.5 Å². The van der Waals surface area contributed by atoms with E-state index in [1.165, 1.54) is 0 Å². The summed E-state index contributed by atoms with van der Waals surface area (Å²) in [7, 11) is 0. The molecule has 0 aliphatic carbocycles. The Bertz CT molecular complexity index is 686. The Hall–Kier alpha value is -2.78. The highest BCUT2D eigenvalue weighted by Crippen LogP contribution is 2.20. The van der Waals surface area contributed by atoms with Gasteiger partial charge >= 0.3 is 0 Å². The molecule has 6 heteroatoms. The lowest BCUT2D eigenvalue weighted by atomic mass is 10.2. The molecule has 1 aromatic carbocycles. The first-order chi connectivity index (χ1) is 12.2. The number of nitrogens with zero attached hydrogens (tertiary/aromatic N) is 2. The molecule has 2 aromatic rings. The third kappa shape index (κ3) is 5.37. The largest absolute Gasteiger partial charge is 0.484 e. The third-order valence-electron chi connectivity index (χ3n) is 3.97. The number of hydrogen-bond acceptors (Lipinski definition) is 5. The van der Waals surface area contributed by atoms with Gasteiger partial charge in [-0.25, -0.2) is 0 Å². The average molecular weight is 341 g/mol. The number of benzene rings is 1. The first kappa shape index (κ1) is 18.6. The van der Waals surface area contributed by atoms with E-state index in [-0.39, 0.29) is 18.6 Å². The summed E-state index contributed by atoms with van der Waals surface area (Å²) >= 11 is 0. The van der Waals surface area contributed by atoms with Gasteiger partial charge in [0.05, 0.1) is 23.9 Å². The molecule has 0 radical (unpaired) electrons. The van der Waals surface area contributed by atoms with Crippen LogP contribution in [0.1, 0.15) is 31.2 Å². The van der Waals surface area contributed by atoms with Crippen LogP contribution < -0.4 is 10.1 Å². The summed E-state index contributed by atoms with van der Waals surface area (Å²) in [5.74, 6) is 1.19. The van der Waals surface area contributed by atoms with Crippen molar-refractivity contribution in [2.24, 2.45) is 0 Å². The predicted molar refractivity (Wildman–Crippen MR) is 94.0 cm³/mol. The second kappa shape index (κ2) is 9.50. The molecule has 0 saturated carbocycles. The quantitative estimate of drug-likeness (QED) is 0.759. The Morgan fingerprint density at radius 3 is 2.56 bits per heavy atom. The lowest BCUT2D eigenvalue weighted by Crippen LogP contribution is -2.39. The maximum Gasteiger partial charge on any atom is 0.258 e. The molecule has 6 nitrogen and oxygen atoms in total. The number of nitriles is 1. The number of rotatable bonds is 9. The van der Waals surface area contributed by atoms with Crippen molar-refractivity contribution in [1.29, 1.82) is 5.26 Å². The summed E-state index contributed by atoms with van der Waals surface area (Å²) in [6.45, 7) is 6.25. The molecule has 1 heterocycles. The summed E-state index contributed by atoms with van der Waals surface area (Å²) in [6.07, 6.45) is 1.64. The topological polar surface area (TPSA) is 78.5 Å². The van der Waals surface area contributed by atoms with Crippen LogP contribution in [0.2, 0.25) is 0 Å². The normalized spacial score (nSPS) is 11.8. The Morgan fingerprint density at radius 1 is 1.28 bits per heavy atom. The summed E-state index contributed by atoms with van der Waals surface area (Å²) in [4.78, 5) is 14.3. The number of likely N-dealkylation sites (N-methyl/N-ethyl adjacent to an activating group) is 1. The Morgan fingerprint density at radius 2 is 2.00 bits per heavy atom. The number of furan rings is 1. The van der Waals surface area contributed by atoms with E-state index < -0.39 is 0 Å². The van der Waals surface area contributed by atoms with Crippen molar-refractivity contribution >= 4 is 5.91 Å². The Balaban J connectivity index is 1.86. The number of nitrogens with one attached hydrogen (secondary N) is 1. The van der Waals surface area contributed by atoms with Crippen LogP contribution in [0.4, 0.5) is 0 Å². The zero-order valence-corrected chi connectivity index (χ0v) is 14.6. The molecule has 25 heavy (non-hydrogen) atoms. The SMILES string of the molecule is CCN(CC)C(CNC(=O)COc1ccc(C#N)cc1)c1ccco1. The van der Waals surface area contributed by atoms with Crippen LogP contribution >= 0.6 is 0 Å². The Labute approximate surface area is 148 Å². The monoisotopic (exact) mass is 341 g/mol. The van der Waals surface area contributed by atoms with Gasteiger partial charge in [0.15, 0.2) is 6.61 Å². The lowest BCUT2D eigenvalue weighted by molar-refractivity contribution is -0.123. The highest BCUT2D eigenvalue weighted by Gasteiger charge is 2.21. The smallest absolute Gasteiger partial charge is 0.258 e. The third-order valence-corrected chi connectivity index (χ3v) is 3.97. The predicted octanol–water partition coefficient (Wildman–Crippen LogP) is 2.73. The standard InChI is InChI=1S/C19H23N3O3/c1-3-22(4-2)17(18-6-5-11-24-18)13-21-19(23)14-25-16-9-7-15(12-20)8-10-16/h5-11,17H,3-4,13-14H2,1-2H3,(H,21,23). The van der Waals surface area contributed by atoms with Crippen LogP contribution in [0.15, 0.2) is 47.1 Å².